The Balaban J connectivity index is 4.16. The highest BCUT2D eigenvalue weighted by Crippen LogP contribution is 2.50. The molecule has 39 heavy (non-hydrogen) atoms. The Kier molecular flexibility index (Phi) is 24.5. The summed E-state index contributed by atoms with van der Waals surface area (Å²) in [4.78, 5) is 22.7. The third-order valence-electron chi connectivity index (χ3n) is 5.99. The zero-order valence-corrected chi connectivity index (χ0v) is 25.9. The van der Waals surface area contributed by atoms with Crippen LogP contribution in [0.25, 0.3) is 0 Å². The number of carbonyl (C=O) groups excluding carboxylic acids is 2. The molecule has 0 fully saturated rings. The van der Waals surface area contributed by atoms with E-state index in [1.54, 1.807) is 13.8 Å². The fraction of sp³-hybridized carbons (Fsp3) is 0.800. The maximum absolute atomic E-state index is 13.2. The lowest BCUT2D eigenvalue weighted by molar-refractivity contribution is -0.139. The van der Waals surface area contributed by atoms with E-state index in [1.807, 2.05) is 0 Å². The predicted molar refractivity (Wildman–Crippen MR) is 157 cm³/mol. The van der Waals surface area contributed by atoms with Gasteiger partial charge >= 0.3 is 19.8 Å². The van der Waals surface area contributed by atoms with Gasteiger partial charge in [0.1, 0.15) is 0 Å². The van der Waals surface area contributed by atoms with Crippen LogP contribution >= 0.6 is 7.82 Å². The van der Waals surface area contributed by atoms with Gasteiger partial charge in [-0.1, -0.05) is 90.7 Å². The molecule has 0 aliphatic rings. The van der Waals surface area contributed by atoms with Crippen molar-refractivity contribution in [1.82, 2.24) is 0 Å². The van der Waals surface area contributed by atoms with E-state index in [-0.39, 0.29) is 11.9 Å². The summed E-state index contributed by atoms with van der Waals surface area (Å²) in [6, 6.07) is 0. The number of unbranched alkanes of at least 4 members (excludes halogenated alkanes) is 13. The van der Waals surface area contributed by atoms with Crippen molar-refractivity contribution in [2.45, 2.75) is 124 Å². The quantitative estimate of drug-likeness (QED) is 0.0396. The largest absolute Gasteiger partial charge is 0.474 e. The summed E-state index contributed by atoms with van der Waals surface area (Å²) in [5, 5.41) is 0. The predicted octanol–water partition coefficient (Wildman–Crippen LogP) is 8.64. The van der Waals surface area contributed by atoms with Gasteiger partial charge in [-0.2, -0.15) is 0 Å². The van der Waals surface area contributed by atoms with Crippen LogP contribution in [0.15, 0.2) is 24.3 Å². The van der Waals surface area contributed by atoms with E-state index in [1.165, 1.54) is 19.3 Å². The van der Waals surface area contributed by atoms with Crippen LogP contribution in [0.4, 0.5) is 0 Å². The summed E-state index contributed by atoms with van der Waals surface area (Å²) in [7, 11) is -3.59. The molecule has 0 aliphatic carbocycles. The molecule has 0 atom stereocenters. The molecule has 0 aromatic rings. The molecule has 0 bridgehead atoms. The molecule has 0 spiro atoms. The highest BCUT2D eigenvalue weighted by atomic mass is 31.2. The normalized spacial score (nSPS) is 11.4. The van der Waals surface area contributed by atoms with Crippen molar-refractivity contribution < 1.29 is 37.2 Å². The minimum atomic E-state index is -3.59. The smallest absolute Gasteiger partial charge is 0.462 e. The Bertz CT molecular complexity index is 674. The van der Waals surface area contributed by atoms with E-state index in [2.05, 4.69) is 20.1 Å². The molecular weight excluding hydrogens is 519 g/mol. The average molecular weight is 575 g/mol. The van der Waals surface area contributed by atoms with E-state index in [0.717, 1.165) is 83.5 Å². The van der Waals surface area contributed by atoms with Crippen molar-refractivity contribution in [3.63, 3.8) is 0 Å². The second-order valence-electron chi connectivity index (χ2n) is 10.1. The molecule has 0 radical (unpaired) electrons. The molecule has 0 heterocycles. The van der Waals surface area contributed by atoms with Gasteiger partial charge in [0, 0.05) is 11.1 Å². The highest BCUT2D eigenvalue weighted by molar-refractivity contribution is 7.48. The third-order valence-corrected chi connectivity index (χ3v) is 7.48. The minimum absolute atomic E-state index is 0.321. The molecule has 0 saturated carbocycles. The topological polar surface area (TPSA) is 97.4 Å². The maximum Gasteiger partial charge on any atom is 0.474 e. The molecule has 228 valence electrons. The molecule has 9 heteroatoms. The molecule has 0 rings (SSSR count). The van der Waals surface area contributed by atoms with Crippen molar-refractivity contribution in [3.05, 3.63) is 24.3 Å². The van der Waals surface area contributed by atoms with Crippen LogP contribution in [0.2, 0.25) is 0 Å². The van der Waals surface area contributed by atoms with Crippen LogP contribution in [0.1, 0.15) is 124 Å². The zero-order valence-electron chi connectivity index (χ0n) is 25.0. The number of rotatable bonds is 28. The van der Waals surface area contributed by atoms with Crippen LogP contribution in [-0.2, 0) is 37.2 Å². The first kappa shape index (κ1) is 37.5. The minimum Gasteiger partial charge on any atom is -0.462 e. The Morgan fingerprint density at radius 2 is 0.795 bits per heavy atom. The summed E-state index contributed by atoms with van der Waals surface area (Å²) < 4.78 is 40.3. The van der Waals surface area contributed by atoms with Crippen molar-refractivity contribution in [2.24, 2.45) is 0 Å². The second kappa shape index (κ2) is 25.5. The lowest BCUT2D eigenvalue weighted by Gasteiger charge is -2.18. The molecule has 0 saturated heterocycles. The Morgan fingerprint density at radius 1 is 0.513 bits per heavy atom. The summed E-state index contributed by atoms with van der Waals surface area (Å²) in [5.41, 5.74) is 0.827. The number of carbonyl (C=O) groups is 2. The van der Waals surface area contributed by atoms with Gasteiger partial charge in [0.05, 0.1) is 33.0 Å². The monoisotopic (exact) mass is 574 g/mol. The fourth-order valence-corrected chi connectivity index (χ4v) is 4.85. The van der Waals surface area contributed by atoms with E-state index < -0.39 is 7.82 Å². The SMILES string of the molecule is C=C(C)C(=O)OCCCCCCCOP(=O)(OCCCCCCCC)OCCCCCCCOC(=O)C(=C)C. The van der Waals surface area contributed by atoms with Crippen LogP contribution in [0.3, 0.4) is 0 Å². The van der Waals surface area contributed by atoms with Gasteiger partial charge < -0.3 is 9.47 Å². The lowest BCUT2D eigenvalue weighted by atomic mass is 10.1. The molecule has 8 nitrogen and oxygen atoms in total. The lowest BCUT2D eigenvalue weighted by Crippen LogP contribution is -2.06. The van der Waals surface area contributed by atoms with Gasteiger partial charge in [-0.3, -0.25) is 13.6 Å². The maximum atomic E-state index is 13.2. The van der Waals surface area contributed by atoms with Crippen molar-refractivity contribution in [3.8, 4) is 0 Å². The molecule has 0 aliphatic heterocycles. The number of ether oxygens (including phenoxy) is 2. The van der Waals surface area contributed by atoms with Gasteiger partial charge in [-0.25, -0.2) is 14.2 Å². The van der Waals surface area contributed by atoms with Crippen molar-refractivity contribution in [1.29, 1.82) is 0 Å². The molecular formula is C30H55O8P. The van der Waals surface area contributed by atoms with Crippen LogP contribution < -0.4 is 0 Å². The Morgan fingerprint density at radius 3 is 1.10 bits per heavy atom. The molecule has 0 N–H and O–H groups in total. The highest BCUT2D eigenvalue weighted by Gasteiger charge is 2.26. The molecule has 0 aromatic heterocycles. The number of hydrogen-bond acceptors (Lipinski definition) is 8. The standard InChI is InChI=1S/C30H55O8P/c1-6-7-8-9-14-19-24-36-39(33,37-25-20-15-10-12-17-22-34-29(31)27(2)3)38-26-21-16-11-13-18-23-35-30(32)28(4)5/h2,4,6-26H2,1,3,5H3. The van der Waals surface area contributed by atoms with E-state index >= 15 is 0 Å². The first-order chi connectivity index (χ1) is 18.7. The van der Waals surface area contributed by atoms with Crippen molar-refractivity contribution >= 4 is 19.8 Å². The van der Waals surface area contributed by atoms with E-state index in [9.17, 15) is 14.2 Å². The number of phosphoric acid groups is 1. The Hall–Kier alpha value is -1.47. The van der Waals surface area contributed by atoms with Gasteiger partial charge in [-0.05, 0) is 46.0 Å². The second-order valence-corrected chi connectivity index (χ2v) is 11.8. The van der Waals surface area contributed by atoms with Crippen LogP contribution in [-0.4, -0.2) is 45.0 Å². The van der Waals surface area contributed by atoms with E-state index in [0.29, 0.717) is 44.2 Å². The first-order valence-electron chi connectivity index (χ1n) is 14.9. The Labute approximate surface area is 237 Å². The summed E-state index contributed by atoms with van der Waals surface area (Å²) in [6.07, 6.45) is 15.5. The average Bonchev–Trinajstić information content (AvgIpc) is 2.90. The summed E-state index contributed by atoms with van der Waals surface area (Å²) in [5.74, 6) is -0.691. The van der Waals surface area contributed by atoms with Gasteiger partial charge in [0.25, 0.3) is 0 Å². The molecule has 0 amide bonds. The van der Waals surface area contributed by atoms with Gasteiger partial charge in [0.15, 0.2) is 0 Å². The van der Waals surface area contributed by atoms with E-state index in [4.69, 9.17) is 23.0 Å². The number of hydrogen-bond donors (Lipinski definition) is 0. The van der Waals surface area contributed by atoms with Gasteiger partial charge in [-0.15, -0.1) is 0 Å². The zero-order chi connectivity index (χ0) is 29.2. The third kappa shape index (κ3) is 24.1. The summed E-state index contributed by atoms with van der Waals surface area (Å²) >= 11 is 0. The molecule has 0 unspecified atom stereocenters. The first-order valence-corrected chi connectivity index (χ1v) is 16.4. The van der Waals surface area contributed by atoms with Crippen LogP contribution in [0, 0.1) is 0 Å². The number of esters is 2. The van der Waals surface area contributed by atoms with Crippen LogP contribution in [0.5, 0.6) is 0 Å². The fourth-order valence-electron chi connectivity index (χ4n) is 3.57. The van der Waals surface area contributed by atoms with Gasteiger partial charge in [0.2, 0.25) is 0 Å². The van der Waals surface area contributed by atoms with Crippen molar-refractivity contribution in [2.75, 3.05) is 33.0 Å². The molecule has 0 aromatic carbocycles. The summed E-state index contributed by atoms with van der Waals surface area (Å²) in [6.45, 7) is 14.4. The number of phosphoric ester groups is 1.